The Morgan fingerprint density at radius 2 is 2.00 bits per heavy atom. The van der Waals surface area contributed by atoms with Gasteiger partial charge in [0.2, 0.25) is 5.88 Å². The molecule has 4 unspecified atom stereocenters. The van der Waals surface area contributed by atoms with Gasteiger partial charge in [0.05, 0.1) is 18.9 Å². The van der Waals surface area contributed by atoms with Crippen molar-refractivity contribution in [2.24, 2.45) is 11.8 Å². The van der Waals surface area contributed by atoms with Gasteiger partial charge in [-0.15, -0.1) is 0 Å². The molecule has 4 atom stereocenters. The summed E-state index contributed by atoms with van der Waals surface area (Å²) in [5.41, 5.74) is 8.71. The highest BCUT2D eigenvalue weighted by atomic mass is 16.5. The molecule has 1 N–H and O–H groups in total. The van der Waals surface area contributed by atoms with Gasteiger partial charge in [-0.1, -0.05) is 56.3 Å². The lowest BCUT2D eigenvalue weighted by Crippen LogP contribution is -2.39. The number of carboxylic acid groups (broad SMARTS) is 1. The van der Waals surface area contributed by atoms with E-state index >= 15 is 0 Å². The van der Waals surface area contributed by atoms with Crippen molar-refractivity contribution < 1.29 is 24.1 Å². The molecule has 0 spiro atoms. The fourth-order valence-electron chi connectivity index (χ4n) is 7.31. The molecule has 6 rings (SSSR count). The van der Waals surface area contributed by atoms with Crippen LogP contribution in [0.1, 0.15) is 83.8 Å². The van der Waals surface area contributed by atoms with Crippen LogP contribution in [0.4, 0.5) is 0 Å². The molecule has 8 heteroatoms. The Hall–Kier alpha value is -3.88. The lowest BCUT2D eigenvalue weighted by atomic mass is 9.78. The first-order chi connectivity index (χ1) is 22.1. The first-order valence-electron chi connectivity index (χ1n) is 16.6. The maximum atomic E-state index is 12.0. The molecule has 0 radical (unpaired) electrons. The number of fused-ring (bicyclic) bond motifs is 1. The second kappa shape index (κ2) is 13.5. The van der Waals surface area contributed by atoms with Crippen molar-refractivity contribution in [1.82, 2.24) is 14.7 Å². The minimum Gasteiger partial charge on any atom is -0.488 e. The van der Waals surface area contributed by atoms with Gasteiger partial charge in [0.25, 0.3) is 0 Å². The number of allylic oxidation sites excluding steroid dienone is 4. The van der Waals surface area contributed by atoms with Gasteiger partial charge in [0.1, 0.15) is 17.9 Å². The third-order valence-corrected chi connectivity index (χ3v) is 10.2. The standard InChI is InChI=1S/C38H47N3O5/c1-23(2)46-37-34(38(42)43)19-39-41(37)35-12-8-10-32(25(4)26(35)5)33-11-7-9-24(3)36(33)45-21-29-14-13-28-20-40(30-16-18-44-22-30)17-15-31(28)27(29)6/h7-14,19,23,25-26,30,32H,15-18,20-22H2,1-6H3,(H,42,43). The van der Waals surface area contributed by atoms with E-state index in [1.807, 2.05) is 19.9 Å². The number of hydrogen-bond donors (Lipinski definition) is 1. The Labute approximate surface area is 272 Å². The van der Waals surface area contributed by atoms with E-state index in [-0.39, 0.29) is 35.3 Å². The largest absolute Gasteiger partial charge is 0.488 e. The van der Waals surface area contributed by atoms with Gasteiger partial charge in [-0.05, 0) is 80.3 Å². The molecule has 3 aliphatic rings. The van der Waals surface area contributed by atoms with Gasteiger partial charge in [-0.2, -0.15) is 5.10 Å². The molecular formula is C38H47N3O5. The zero-order valence-corrected chi connectivity index (χ0v) is 28.0. The lowest BCUT2D eigenvalue weighted by Gasteiger charge is -2.34. The maximum absolute atomic E-state index is 12.0. The fourth-order valence-corrected chi connectivity index (χ4v) is 7.31. The number of carboxylic acids is 1. The third-order valence-electron chi connectivity index (χ3n) is 10.2. The number of para-hydroxylation sites is 1. The molecular weight excluding hydrogens is 578 g/mol. The molecule has 2 aliphatic heterocycles. The lowest BCUT2D eigenvalue weighted by molar-refractivity contribution is 0.0690. The van der Waals surface area contributed by atoms with E-state index in [0.29, 0.717) is 12.6 Å². The zero-order chi connectivity index (χ0) is 32.5. The molecule has 0 amide bonds. The monoisotopic (exact) mass is 625 g/mol. The van der Waals surface area contributed by atoms with Gasteiger partial charge in [-0.25, -0.2) is 9.48 Å². The quantitative estimate of drug-likeness (QED) is 0.270. The van der Waals surface area contributed by atoms with Crippen LogP contribution in [0.5, 0.6) is 11.6 Å². The van der Waals surface area contributed by atoms with Gasteiger partial charge in [0, 0.05) is 48.8 Å². The summed E-state index contributed by atoms with van der Waals surface area (Å²) in [4.78, 5) is 14.5. The van der Waals surface area contributed by atoms with E-state index in [1.54, 1.807) is 4.68 Å². The van der Waals surface area contributed by atoms with Crippen LogP contribution in [0.25, 0.3) is 5.70 Å². The Morgan fingerprint density at radius 1 is 1.17 bits per heavy atom. The molecule has 1 fully saturated rings. The number of rotatable bonds is 9. The number of benzene rings is 2. The first kappa shape index (κ1) is 32.1. The minimum absolute atomic E-state index is 0.0441. The average molecular weight is 626 g/mol. The summed E-state index contributed by atoms with van der Waals surface area (Å²) in [7, 11) is 0. The minimum atomic E-state index is -1.05. The predicted molar refractivity (Wildman–Crippen MR) is 179 cm³/mol. The Bertz CT molecular complexity index is 1650. The van der Waals surface area contributed by atoms with Crippen molar-refractivity contribution in [2.75, 3.05) is 19.8 Å². The molecule has 244 valence electrons. The summed E-state index contributed by atoms with van der Waals surface area (Å²) in [6, 6.07) is 11.5. The highest BCUT2D eigenvalue weighted by molar-refractivity contribution is 5.90. The second-order valence-electron chi connectivity index (χ2n) is 13.4. The van der Waals surface area contributed by atoms with Crippen molar-refractivity contribution in [3.8, 4) is 11.6 Å². The van der Waals surface area contributed by atoms with Crippen LogP contribution in [-0.2, 0) is 24.3 Å². The number of aromatic carboxylic acids is 1. The van der Waals surface area contributed by atoms with Gasteiger partial charge < -0.3 is 19.3 Å². The van der Waals surface area contributed by atoms with Crippen LogP contribution in [0, 0.1) is 25.7 Å². The summed E-state index contributed by atoms with van der Waals surface area (Å²) in [5.74, 6) is 0.431. The number of aromatic nitrogens is 2. The Balaban J connectivity index is 1.22. The Morgan fingerprint density at radius 3 is 2.74 bits per heavy atom. The van der Waals surface area contributed by atoms with Crippen LogP contribution in [-0.4, -0.2) is 57.7 Å². The SMILES string of the molecule is Cc1cccc(C2C=CC=C(n3ncc(C(=O)O)c3OC(C)C)C(C)C2C)c1OCc1ccc2c(c1C)CCN(C1CCOC1)C2. The molecule has 0 bridgehead atoms. The van der Waals surface area contributed by atoms with Crippen molar-refractivity contribution in [3.05, 3.63) is 93.7 Å². The molecule has 2 aromatic carbocycles. The summed E-state index contributed by atoms with van der Waals surface area (Å²) < 4.78 is 20.0. The van der Waals surface area contributed by atoms with Crippen LogP contribution < -0.4 is 9.47 Å². The van der Waals surface area contributed by atoms with Crippen LogP contribution in [0.15, 0.2) is 54.8 Å². The van der Waals surface area contributed by atoms with E-state index in [1.165, 1.54) is 28.5 Å². The summed E-state index contributed by atoms with van der Waals surface area (Å²) in [6.45, 7) is 16.9. The van der Waals surface area contributed by atoms with E-state index < -0.39 is 5.97 Å². The molecule has 46 heavy (non-hydrogen) atoms. The average Bonchev–Trinajstić information content (AvgIpc) is 3.69. The van der Waals surface area contributed by atoms with Gasteiger partial charge in [0.15, 0.2) is 0 Å². The number of ether oxygens (including phenoxy) is 3. The summed E-state index contributed by atoms with van der Waals surface area (Å²) in [5, 5.41) is 14.3. The topological polar surface area (TPSA) is 86.1 Å². The molecule has 3 aromatic rings. The predicted octanol–water partition coefficient (Wildman–Crippen LogP) is 7.18. The van der Waals surface area contributed by atoms with E-state index in [9.17, 15) is 9.90 Å². The van der Waals surface area contributed by atoms with Crippen LogP contribution >= 0.6 is 0 Å². The number of aryl methyl sites for hydroxylation is 1. The van der Waals surface area contributed by atoms with Crippen molar-refractivity contribution >= 4 is 11.7 Å². The van der Waals surface area contributed by atoms with Gasteiger partial charge >= 0.3 is 5.97 Å². The second-order valence-corrected chi connectivity index (χ2v) is 13.4. The highest BCUT2D eigenvalue weighted by Gasteiger charge is 2.33. The van der Waals surface area contributed by atoms with Crippen molar-refractivity contribution in [1.29, 1.82) is 0 Å². The van der Waals surface area contributed by atoms with E-state index in [0.717, 1.165) is 61.7 Å². The molecule has 3 heterocycles. The molecule has 1 aliphatic carbocycles. The summed E-state index contributed by atoms with van der Waals surface area (Å²) in [6.07, 6.45) is 9.69. The number of carbonyl (C=O) groups is 1. The maximum Gasteiger partial charge on any atom is 0.342 e. The van der Waals surface area contributed by atoms with E-state index in [2.05, 4.69) is 80.2 Å². The highest BCUT2D eigenvalue weighted by Crippen LogP contribution is 2.43. The Kier molecular flexibility index (Phi) is 9.39. The van der Waals surface area contributed by atoms with Crippen LogP contribution in [0.2, 0.25) is 0 Å². The smallest absolute Gasteiger partial charge is 0.342 e. The van der Waals surface area contributed by atoms with Crippen LogP contribution in [0.3, 0.4) is 0 Å². The fraction of sp³-hybridized carbons (Fsp3) is 0.474. The molecule has 1 saturated heterocycles. The number of hydrogen-bond acceptors (Lipinski definition) is 6. The molecule has 8 nitrogen and oxygen atoms in total. The molecule has 1 aromatic heterocycles. The third kappa shape index (κ3) is 6.25. The van der Waals surface area contributed by atoms with E-state index in [4.69, 9.17) is 14.2 Å². The summed E-state index contributed by atoms with van der Waals surface area (Å²) >= 11 is 0. The van der Waals surface area contributed by atoms with Gasteiger partial charge in [-0.3, -0.25) is 4.90 Å². The van der Waals surface area contributed by atoms with Crippen molar-refractivity contribution in [2.45, 2.75) is 85.6 Å². The zero-order valence-electron chi connectivity index (χ0n) is 28.0. The normalized spacial score (nSPS) is 23.2. The van der Waals surface area contributed by atoms with Crippen molar-refractivity contribution in [3.63, 3.8) is 0 Å². The first-order valence-corrected chi connectivity index (χ1v) is 16.6. The molecule has 0 saturated carbocycles. The number of nitrogens with zero attached hydrogens (tertiary/aromatic N) is 3.